The molecule has 0 amide bonds. The van der Waals surface area contributed by atoms with Crippen LogP contribution in [0, 0.1) is 0 Å². The van der Waals surface area contributed by atoms with Gasteiger partial charge in [-0.05, 0) is 23.8 Å². The van der Waals surface area contributed by atoms with Crippen LogP contribution in [0.3, 0.4) is 0 Å². The summed E-state index contributed by atoms with van der Waals surface area (Å²) in [5.74, 6) is -0.595. The third-order valence-electron chi connectivity index (χ3n) is 4.36. The first kappa shape index (κ1) is 17.2. The number of carbonyl (C=O) groups is 1. The molecule has 0 saturated carbocycles. The molecule has 0 aliphatic rings. The maximum Gasteiger partial charge on any atom is 0.303 e. The first-order valence-electron chi connectivity index (χ1n) is 8.37. The minimum atomic E-state index is -0.984. The predicted octanol–water partition coefficient (Wildman–Crippen LogP) is 2.76. The van der Waals surface area contributed by atoms with Gasteiger partial charge in [0.15, 0.2) is 0 Å². The standard InChI is InChI=1S/C19H15ClN4O3/c20-13-6-2-1-5-12(13)11-23-15-7-3-4-8-16(15)24-19(23)21-18(27)14(22-24)9-10-17(25)26/h1-8H,9-11H2,(H,25,26). The van der Waals surface area contributed by atoms with Gasteiger partial charge in [0, 0.05) is 11.4 Å². The number of aromatic nitrogens is 4. The Kier molecular flexibility index (Phi) is 4.37. The van der Waals surface area contributed by atoms with Crippen molar-refractivity contribution in [3.05, 3.63) is 75.2 Å². The normalized spacial score (nSPS) is 11.3. The zero-order valence-electron chi connectivity index (χ0n) is 14.2. The van der Waals surface area contributed by atoms with E-state index in [0.29, 0.717) is 17.3 Å². The van der Waals surface area contributed by atoms with Crippen molar-refractivity contribution in [2.45, 2.75) is 19.4 Å². The summed E-state index contributed by atoms with van der Waals surface area (Å²) in [4.78, 5) is 27.4. The fourth-order valence-electron chi connectivity index (χ4n) is 3.06. The average molecular weight is 383 g/mol. The van der Waals surface area contributed by atoms with Crippen LogP contribution in [0.25, 0.3) is 16.8 Å². The molecule has 2 heterocycles. The Morgan fingerprint density at radius 3 is 2.52 bits per heavy atom. The molecule has 1 N–H and O–H groups in total. The number of aryl methyl sites for hydroxylation is 1. The quantitative estimate of drug-likeness (QED) is 0.573. The molecule has 0 aliphatic heterocycles. The summed E-state index contributed by atoms with van der Waals surface area (Å²) >= 11 is 6.30. The van der Waals surface area contributed by atoms with Crippen molar-refractivity contribution >= 4 is 34.4 Å². The number of para-hydroxylation sites is 2. The van der Waals surface area contributed by atoms with Crippen molar-refractivity contribution in [1.29, 1.82) is 0 Å². The third-order valence-corrected chi connectivity index (χ3v) is 4.73. The van der Waals surface area contributed by atoms with Gasteiger partial charge in [0.2, 0.25) is 5.78 Å². The average Bonchev–Trinajstić information content (AvgIpc) is 2.94. The van der Waals surface area contributed by atoms with E-state index in [-0.39, 0.29) is 18.5 Å². The first-order chi connectivity index (χ1) is 13.0. The molecule has 0 saturated heterocycles. The highest BCUT2D eigenvalue weighted by molar-refractivity contribution is 6.31. The molecule has 4 aromatic rings. The van der Waals surface area contributed by atoms with Crippen LogP contribution < -0.4 is 5.56 Å². The zero-order chi connectivity index (χ0) is 19.0. The minimum absolute atomic E-state index is 0.0358. The predicted molar refractivity (Wildman–Crippen MR) is 101 cm³/mol. The maximum absolute atomic E-state index is 12.4. The van der Waals surface area contributed by atoms with Gasteiger partial charge in [0.25, 0.3) is 5.56 Å². The van der Waals surface area contributed by atoms with E-state index >= 15 is 0 Å². The summed E-state index contributed by atoms with van der Waals surface area (Å²) in [6.07, 6.45) is -0.137. The van der Waals surface area contributed by atoms with Crippen LogP contribution in [0.5, 0.6) is 0 Å². The molecule has 0 bridgehead atoms. The molecule has 136 valence electrons. The van der Waals surface area contributed by atoms with Gasteiger partial charge in [-0.25, -0.2) is 0 Å². The van der Waals surface area contributed by atoms with Gasteiger partial charge >= 0.3 is 5.97 Å². The molecule has 0 aliphatic carbocycles. The second-order valence-electron chi connectivity index (χ2n) is 6.14. The van der Waals surface area contributed by atoms with Crippen molar-refractivity contribution in [3.8, 4) is 0 Å². The van der Waals surface area contributed by atoms with E-state index in [2.05, 4.69) is 10.1 Å². The van der Waals surface area contributed by atoms with Gasteiger partial charge in [-0.3, -0.25) is 9.59 Å². The molecule has 0 radical (unpaired) electrons. The molecule has 0 atom stereocenters. The summed E-state index contributed by atoms with van der Waals surface area (Å²) in [6.45, 7) is 0.430. The summed E-state index contributed by atoms with van der Waals surface area (Å²) in [6, 6.07) is 15.1. The van der Waals surface area contributed by atoms with E-state index in [0.717, 1.165) is 16.6 Å². The Bertz CT molecular complexity index is 1230. The van der Waals surface area contributed by atoms with Crippen molar-refractivity contribution in [1.82, 2.24) is 19.2 Å². The van der Waals surface area contributed by atoms with Gasteiger partial charge in [-0.2, -0.15) is 14.6 Å². The number of hydrogen-bond donors (Lipinski definition) is 1. The number of halogens is 1. The SMILES string of the molecule is O=C(O)CCc1nn2c3ccccc3n(Cc3ccccc3Cl)c2nc1=O. The Hall–Kier alpha value is -3.19. The van der Waals surface area contributed by atoms with Crippen LogP contribution in [0.1, 0.15) is 17.7 Å². The van der Waals surface area contributed by atoms with Crippen molar-refractivity contribution in [3.63, 3.8) is 0 Å². The van der Waals surface area contributed by atoms with Crippen LogP contribution in [0.15, 0.2) is 53.3 Å². The van der Waals surface area contributed by atoms with Gasteiger partial charge in [-0.15, -0.1) is 0 Å². The lowest BCUT2D eigenvalue weighted by atomic mass is 10.2. The van der Waals surface area contributed by atoms with Gasteiger partial charge in [-0.1, -0.05) is 41.9 Å². The molecule has 0 spiro atoms. The van der Waals surface area contributed by atoms with Gasteiger partial charge < -0.3 is 9.67 Å². The monoisotopic (exact) mass is 382 g/mol. The Balaban J connectivity index is 1.92. The van der Waals surface area contributed by atoms with Crippen LogP contribution in [0.2, 0.25) is 5.02 Å². The molecular formula is C19H15ClN4O3. The van der Waals surface area contributed by atoms with E-state index in [1.807, 2.05) is 53.1 Å². The number of hydrogen-bond acceptors (Lipinski definition) is 4. The van der Waals surface area contributed by atoms with E-state index < -0.39 is 11.5 Å². The summed E-state index contributed by atoms with van der Waals surface area (Å²) in [7, 11) is 0. The van der Waals surface area contributed by atoms with Gasteiger partial charge in [0.1, 0.15) is 5.69 Å². The molecule has 2 aromatic heterocycles. The van der Waals surface area contributed by atoms with Gasteiger partial charge in [0.05, 0.1) is 24.0 Å². The topological polar surface area (TPSA) is 89.5 Å². The largest absolute Gasteiger partial charge is 0.481 e. The number of aliphatic carboxylic acids is 1. The Morgan fingerprint density at radius 2 is 1.78 bits per heavy atom. The van der Waals surface area contributed by atoms with Crippen LogP contribution in [0.4, 0.5) is 0 Å². The molecule has 0 unspecified atom stereocenters. The lowest BCUT2D eigenvalue weighted by Gasteiger charge is -2.07. The zero-order valence-corrected chi connectivity index (χ0v) is 14.9. The second-order valence-corrected chi connectivity index (χ2v) is 6.54. The van der Waals surface area contributed by atoms with Crippen molar-refractivity contribution in [2.75, 3.05) is 0 Å². The highest BCUT2D eigenvalue weighted by Crippen LogP contribution is 2.22. The molecule has 27 heavy (non-hydrogen) atoms. The number of carboxylic acid groups (broad SMARTS) is 1. The van der Waals surface area contributed by atoms with E-state index in [1.54, 1.807) is 4.52 Å². The summed E-state index contributed by atoms with van der Waals surface area (Å²) in [5.41, 5.74) is 2.15. The number of rotatable bonds is 5. The van der Waals surface area contributed by atoms with Crippen molar-refractivity contribution in [2.24, 2.45) is 0 Å². The van der Waals surface area contributed by atoms with Crippen LogP contribution in [-0.2, 0) is 17.8 Å². The number of benzene rings is 2. The molecule has 2 aromatic carbocycles. The maximum atomic E-state index is 12.4. The molecular weight excluding hydrogens is 368 g/mol. The van der Waals surface area contributed by atoms with Crippen molar-refractivity contribution < 1.29 is 9.90 Å². The number of nitrogens with zero attached hydrogens (tertiary/aromatic N) is 4. The van der Waals surface area contributed by atoms with Crippen LogP contribution >= 0.6 is 11.6 Å². The van der Waals surface area contributed by atoms with E-state index in [9.17, 15) is 9.59 Å². The molecule has 0 fully saturated rings. The highest BCUT2D eigenvalue weighted by atomic mass is 35.5. The molecule has 4 rings (SSSR count). The number of carboxylic acids is 1. The first-order valence-corrected chi connectivity index (χ1v) is 8.75. The summed E-state index contributed by atoms with van der Waals surface area (Å²) < 4.78 is 3.47. The van der Waals surface area contributed by atoms with Crippen LogP contribution in [-0.4, -0.2) is 30.2 Å². The lowest BCUT2D eigenvalue weighted by Crippen LogP contribution is -2.20. The fourth-order valence-corrected chi connectivity index (χ4v) is 3.26. The number of fused-ring (bicyclic) bond motifs is 3. The smallest absolute Gasteiger partial charge is 0.303 e. The third kappa shape index (κ3) is 3.17. The lowest BCUT2D eigenvalue weighted by molar-refractivity contribution is -0.136. The summed E-state index contributed by atoms with van der Waals surface area (Å²) in [5, 5.41) is 13.9. The highest BCUT2D eigenvalue weighted by Gasteiger charge is 2.16. The van der Waals surface area contributed by atoms with E-state index in [1.165, 1.54) is 0 Å². The minimum Gasteiger partial charge on any atom is -0.481 e. The Morgan fingerprint density at radius 1 is 1.07 bits per heavy atom. The molecule has 8 heteroatoms. The molecule has 7 nitrogen and oxygen atoms in total. The van der Waals surface area contributed by atoms with E-state index in [4.69, 9.17) is 16.7 Å². The second kappa shape index (κ2) is 6.85. The number of imidazole rings is 1. The Labute approximate surface area is 158 Å². The fraction of sp³-hybridized carbons (Fsp3) is 0.158.